The van der Waals surface area contributed by atoms with E-state index in [1.807, 2.05) is 19.1 Å². The lowest BCUT2D eigenvalue weighted by Crippen LogP contribution is -2.32. The summed E-state index contributed by atoms with van der Waals surface area (Å²) in [6.07, 6.45) is 2.79. The van der Waals surface area contributed by atoms with E-state index in [1.54, 1.807) is 12.1 Å². The predicted molar refractivity (Wildman–Crippen MR) is 85.6 cm³/mol. The van der Waals surface area contributed by atoms with Crippen molar-refractivity contribution in [2.75, 3.05) is 0 Å². The van der Waals surface area contributed by atoms with Crippen LogP contribution in [-0.4, -0.2) is 22.1 Å². The molecule has 0 saturated carbocycles. The first-order valence-electron chi connectivity index (χ1n) is 7.46. The molecule has 6 heteroatoms. The van der Waals surface area contributed by atoms with E-state index in [-0.39, 0.29) is 11.9 Å². The summed E-state index contributed by atoms with van der Waals surface area (Å²) in [5, 5.41) is 7.49. The molecular weight excluding hydrogens is 302 g/mol. The third kappa shape index (κ3) is 4.84. The molecule has 1 amide bonds. The maximum atomic E-state index is 11.8. The number of nitrogens with zero attached hydrogens (tertiary/aromatic N) is 2. The van der Waals surface area contributed by atoms with Gasteiger partial charge in [-0.25, -0.2) is 0 Å². The van der Waals surface area contributed by atoms with Crippen LogP contribution in [-0.2, 0) is 11.2 Å². The van der Waals surface area contributed by atoms with Crippen LogP contribution in [0.1, 0.15) is 39.0 Å². The minimum Gasteiger partial charge on any atom is -0.354 e. The number of carbonyl (C=O) groups is 1. The van der Waals surface area contributed by atoms with Crippen LogP contribution in [0, 0.1) is 0 Å². The Hall–Kier alpha value is -1.88. The van der Waals surface area contributed by atoms with Crippen molar-refractivity contribution in [3.8, 4) is 11.4 Å². The van der Waals surface area contributed by atoms with Crippen LogP contribution < -0.4 is 5.32 Å². The molecule has 0 bridgehead atoms. The zero-order valence-electron chi connectivity index (χ0n) is 12.8. The Bertz CT molecular complexity index is 627. The smallest absolute Gasteiger partial charge is 0.227 e. The van der Waals surface area contributed by atoms with Crippen LogP contribution in [0.3, 0.4) is 0 Å². The summed E-state index contributed by atoms with van der Waals surface area (Å²) in [6.45, 7) is 4.10. The molecule has 5 nitrogen and oxygen atoms in total. The minimum atomic E-state index is 0.00320. The second-order valence-electron chi connectivity index (χ2n) is 5.28. The summed E-state index contributed by atoms with van der Waals surface area (Å²) >= 11 is 5.94. The van der Waals surface area contributed by atoms with Gasteiger partial charge in [-0.2, -0.15) is 4.98 Å². The Balaban J connectivity index is 1.88. The first-order chi connectivity index (χ1) is 10.6. The number of halogens is 1. The highest BCUT2D eigenvalue weighted by atomic mass is 35.5. The van der Waals surface area contributed by atoms with Crippen LogP contribution in [0.15, 0.2) is 28.8 Å². The van der Waals surface area contributed by atoms with Gasteiger partial charge in [-0.1, -0.05) is 42.2 Å². The molecule has 0 saturated heterocycles. The Kier molecular flexibility index (Phi) is 5.95. The summed E-state index contributed by atoms with van der Waals surface area (Å²) in [6, 6.07) is 7.45. The van der Waals surface area contributed by atoms with Crippen LogP contribution in [0.5, 0.6) is 0 Å². The van der Waals surface area contributed by atoms with Crippen LogP contribution in [0.2, 0.25) is 5.02 Å². The van der Waals surface area contributed by atoms with Crippen LogP contribution in [0.4, 0.5) is 0 Å². The van der Waals surface area contributed by atoms with Gasteiger partial charge in [-0.15, -0.1) is 0 Å². The van der Waals surface area contributed by atoms with E-state index in [9.17, 15) is 4.79 Å². The van der Waals surface area contributed by atoms with E-state index in [0.717, 1.165) is 18.4 Å². The monoisotopic (exact) mass is 321 g/mol. The molecule has 1 aromatic carbocycles. The molecule has 1 aromatic heterocycles. The second-order valence-corrected chi connectivity index (χ2v) is 5.72. The van der Waals surface area contributed by atoms with Gasteiger partial charge in [-0.05, 0) is 25.5 Å². The SMILES string of the molecule is CCC[C@@H](C)NC(=O)CCc1nc(-c2cccc(Cl)c2)no1. The maximum Gasteiger partial charge on any atom is 0.227 e. The molecule has 0 unspecified atom stereocenters. The van der Waals surface area contributed by atoms with Crippen molar-refractivity contribution in [1.82, 2.24) is 15.5 Å². The molecule has 1 heterocycles. The van der Waals surface area contributed by atoms with Gasteiger partial charge in [0.15, 0.2) is 0 Å². The van der Waals surface area contributed by atoms with Gasteiger partial charge in [0.2, 0.25) is 17.6 Å². The highest BCUT2D eigenvalue weighted by molar-refractivity contribution is 6.30. The molecule has 0 aliphatic heterocycles. The lowest BCUT2D eigenvalue weighted by Gasteiger charge is -2.11. The second kappa shape index (κ2) is 7.94. The molecular formula is C16H20ClN3O2. The fraction of sp³-hybridized carbons (Fsp3) is 0.438. The summed E-state index contributed by atoms with van der Waals surface area (Å²) in [5.74, 6) is 0.939. The minimum absolute atomic E-state index is 0.00320. The van der Waals surface area contributed by atoms with Crippen molar-refractivity contribution in [2.45, 2.75) is 45.6 Å². The highest BCUT2D eigenvalue weighted by Crippen LogP contribution is 2.20. The van der Waals surface area contributed by atoms with E-state index in [1.165, 1.54) is 0 Å². The van der Waals surface area contributed by atoms with Crippen LogP contribution in [0.25, 0.3) is 11.4 Å². The average Bonchev–Trinajstić information content (AvgIpc) is 2.94. The number of amides is 1. The van der Waals surface area contributed by atoms with Gasteiger partial charge in [0, 0.05) is 29.5 Å². The number of hydrogen-bond donors (Lipinski definition) is 1. The summed E-state index contributed by atoms with van der Waals surface area (Å²) in [7, 11) is 0. The number of aryl methyl sites for hydroxylation is 1. The van der Waals surface area contributed by atoms with E-state index in [4.69, 9.17) is 16.1 Å². The first kappa shape index (κ1) is 16.5. The number of hydrogen-bond acceptors (Lipinski definition) is 4. The third-order valence-electron chi connectivity index (χ3n) is 3.25. The summed E-state index contributed by atoms with van der Waals surface area (Å²) in [4.78, 5) is 16.1. The van der Waals surface area contributed by atoms with Gasteiger partial charge >= 0.3 is 0 Å². The standard InChI is InChI=1S/C16H20ClN3O2/c1-3-5-11(2)18-14(21)8-9-15-19-16(20-22-15)12-6-4-7-13(17)10-12/h4,6-7,10-11H,3,5,8-9H2,1-2H3,(H,18,21)/t11-/m1/s1. The lowest BCUT2D eigenvalue weighted by molar-refractivity contribution is -0.121. The Labute approximate surface area is 135 Å². The van der Waals surface area contributed by atoms with E-state index in [0.29, 0.717) is 29.6 Å². The Morgan fingerprint density at radius 3 is 3.00 bits per heavy atom. The van der Waals surface area contributed by atoms with Crippen molar-refractivity contribution in [3.05, 3.63) is 35.2 Å². The molecule has 0 fully saturated rings. The fourth-order valence-electron chi connectivity index (χ4n) is 2.17. The van der Waals surface area contributed by atoms with Crippen LogP contribution >= 0.6 is 11.6 Å². The first-order valence-corrected chi connectivity index (χ1v) is 7.84. The predicted octanol–water partition coefficient (Wildman–Crippen LogP) is 3.63. The number of carbonyl (C=O) groups excluding carboxylic acids is 1. The van der Waals surface area contributed by atoms with E-state index in [2.05, 4.69) is 22.4 Å². The number of rotatable bonds is 7. The average molecular weight is 322 g/mol. The van der Waals surface area contributed by atoms with Crippen molar-refractivity contribution >= 4 is 17.5 Å². The quantitative estimate of drug-likeness (QED) is 0.845. The largest absolute Gasteiger partial charge is 0.354 e. The van der Waals surface area contributed by atoms with Gasteiger partial charge in [0.1, 0.15) is 0 Å². The molecule has 0 radical (unpaired) electrons. The molecule has 118 valence electrons. The fourth-order valence-corrected chi connectivity index (χ4v) is 2.36. The maximum absolute atomic E-state index is 11.8. The van der Waals surface area contributed by atoms with E-state index < -0.39 is 0 Å². The normalized spacial score (nSPS) is 12.1. The summed E-state index contributed by atoms with van der Waals surface area (Å²) in [5.41, 5.74) is 0.795. The van der Waals surface area contributed by atoms with Gasteiger partial charge < -0.3 is 9.84 Å². The highest BCUT2D eigenvalue weighted by Gasteiger charge is 2.12. The number of nitrogens with one attached hydrogen (secondary N) is 1. The van der Waals surface area contributed by atoms with Gasteiger partial charge in [0.25, 0.3) is 0 Å². The zero-order chi connectivity index (χ0) is 15.9. The van der Waals surface area contributed by atoms with Crippen molar-refractivity contribution in [1.29, 1.82) is 0 Å². The molecule has 0 aliphatic rings. The molecule has 1 N–H and O–H groups in total. The summed E-state index contributed by atoms with van der Waals surface area (Å²) < 4.78 is 5.18. The van der Waals surface area contributed by atoms with Gasteiger partial charge in [-0.3, -0.25) is 4.79 Å². The molecule has 22 heavy (non-hydrogen) atoms. The van der Waals surface area contributed by atoms with E-state index >= 15 is 0 Å². The molecule has 2 rings (SSSR count). The Morgan fingerprint density at radius 2 is 2.27 bits per heavy atom. The zero-order valence-corrected chi connectivity index (χ0v) is 13.6. The molecule has 1 atom stereocenters. The topological polar surface area (TPSA) is 68.0 Å². The Morgan fingerprint density at radius 1 is 1.45 bits per heavy atom. The molecule has 0 aliphatic carbocycles. The molecule has 0 spiro atoms. The number of benzene rings is 1. The molecule has 2 aromatic rings. The van der Waals surface area contributed by atoms with Gasteiger partial charge in [0.05, 0.1) is 0 Å². The van der Waals surface area contributed by atoms with Crippen molar-refractivity contribution in [3.63, 3.8) is 0 Å². The lowest BCUT2D eigenvalue weighted by atomic mass is 10.2. The van der Waals surface area contributed by atoms with Crippen molar-refractivity contribution < 1.29 is 9.32 Å². The third-order valence-corrected chi connectivity index (χ3v) is 3.48. The number of aromatic nitrogens is 2. The van der Waals surface area contributed by atoms with Crippen molar-refractivity contribution in [2.24, 2.45) is 0 Å².